The number of rotatable bonds is 8. The third-order valence-corrected chi connectivity index (χ3v) is 4.65. The van der Waals surface area contributed by atoms with Crippen molar-refractivity contribution in [3.05, 3.63) is 0 Å². The fourth-order valence-corrected chi connectivity index (χ4v) is 3.67. The van der Waals surface area contributed by atoms with Crippen molar-refractivity contribution in [3.8, 4) is 0 Å². The van der Waals surface area contributed by atoms with Crippen molar-refractivity contribution in [1.29, 1.82) is 0 Å². The van der Waals surface area contributed by atoms with Crippen LogP contribution in [0.5, 0.6) is 0 Å². The van der Waals surface area contributed by atoms with Crippen LogP contribution in [0.3, 0.4) is 0 Å². The second-order valence-corrected chi connectivity index (χ2v) is 5.50. The van der Waals surface area contributed by atoms with Crippen LogP contribution in [-0.2, 0) is 13.9 Å². The SMILES string of the molecule is CCO[SiH2]C(OCC)(OCC)N1CCCC1. The molecule has 0 aromatic rings. The topological polar surface area (TPSA) is 30.9 Å². The minimum Gasteiger partial charge on any atom is -0.416 e. The van der Waals surface area contributed by atoms with Crippen LogP contribution in [0.15, 0.2) is 0 Å². The van der Waals surface area contributed by atoms with Gasteiger partial charge in [0.15, 0.2) is 0 Å². The maximum absolute atomic E-state index is 5.90. The average Bonchev–Trinajstić information content (AvgIpc) is 2.80. The van der Waals surface area contributed by atoms with Crippen LogP contribution in [0.2, 0.25) is 0 Å². The van der Waals surface area contributed by atoms with Crippen molar-refractivity contribution in [2.24, 2.45) is 0 Å². The number of hydrogen-bond acceptors (Lipinski definition) is 4. The number of likely N-dealkylation sites (tertiary alicyclic amines) is 1. The van der Waals surface area contributed by atoms with Gasteiger partial charge in [0, 0.05) is 32.9 Å². The van der Waals surface area contributed by atoms with E-state index in [4.69, 9.17) is 13.9 Å². The van der Waals surface area contributed by atoms with Gasteiger partial charge in [-0.15, -0.1) is 0 Å². The highest BCUT2D eigenvalue weighted by Crippen LogP contribution is 2.24. The van der Waals surface area contributed by atoms with Crippen LogP contribution in [0.4, 0.5) is 0 Å². The number of ether oxygens (including phenoxy) is 2. The Morgan fingerprint density at radius 2 is 1.56 bits per heavy atom. The van der Waals surface area contributed by atoms with Gasteiger partial charge in [0.25, 0.3) is 0 Å². The Morgan fingerprint density at radius 3 is 2.00 bits per heavy atom. The van der Waals surface area contributed by atoms with Gasteiger partial charge in [0.1, 0.15) is 0 Å². The molecule has 0 amide bonds. The van der Waals surface area contributed by atoms with Gasteiger partial charge < -0.3 is 13.9 Å². The maximum atomic E-state index is 5.90. The molecule has 0 aliphatic carbocycles. The van der Waals surface area contributed by atoms with E-state index in [9.17, 15) is 0 Å². The van der Waals surface area contributed by atoms with E-state index in [1.165, 1.54) is 12.8 Å². The van der Waals surface area contributed by atoms with Crippen molar-refractivity contribution < 1.29 is 13.9 Å². The van der Waals surface area contributed by atoms with Crippen LogP contribution < -0.4 is 0 Å². The molecule has 5 heteroatoms. The highest BCUT2D eigenvalue weighted by Gasteiger charge is 2.40. The van der Waals surface area contributed by atoms with Gasteiger partial charge in [-0.2, -0.15) is 0 Å². The molecule has 1 fully saturated rings. The quantitative estimate of drug-likeness (QED) is 0.471. The largest absolute Gasteiger partial charge is 0.416 e. The summed E-state index contributed by atoms with van der Waals surface area (Å²) in [5, 5.41) is 0. The molecule has 1 saturated heterocycles. The van der Waals surface area contributed by atoms with Gasteiger partial charge in [-0.1, -0.05) is 0 Å². The van der Waals surface area contributed by atoms with Gasteiger partial charge >= 0.3 is 0 Å². The Bertz CT molecular complexity index is 180. The third-order valence-electron chi connectivity index (χ3n) is 2.82. The van der Waals surface area contributed by atoms with Crippen molar-refractivity contribution in [2.75, 3.05) is 32.9 Å². The summed E-state index contributed by atoms with van der Waals surface area (Å²) in [5.74, 6) is 0. The summed E-state index contributed by atoms with van der Waals surface area (Å²) in [5.41, 5.74) is -0.518. The molecule has 0 spiro atoms. The molecule has 0 unspecified atom stereocenters. The highest BCUT2D eigenvalue weighted by atomic mass is 28.2. The lowest BCUT2D eigenvalue weighted by Crippen LogP contribution is -2.57. The molecule has 4 nitrogen and oxygen atoms in total. The lowest BCUT2D eigenvalue weighted by molar-refractivity contribution is -0.260. The highest BCUT2D eigenvalue weighted by molar-refractivity contribution is 6.30. The Hall–Kier alpha value is 0.0569. The zero-order chi connectivity index (χ0) is 11.9. The van der Waals surface area contributed by atoms with E-state index >= 15 is 0 Å². The fourth-order valence-electron chi connectivity index (χ4n) is 2.14. The smallest absolute Gasteiger partial charge is 0.248 e. The van der Waals surface area contributed by atoms with Crippen molar-refractivity contribution in [3.63, 3.8) is 0 Å². The molecule has 16 heavy (non-hydrogen) atoms. The maximum Gasteiger partial charge on any atom is 0.248 e. The predicted octanol–water partition coefficient (Wildman–Crippen LogP) is 0.887. The summed E-state index contributed by atoms with van der Waals surface area (Å²) in [7, 11) is -0.851. The summed E-state index contributed by atoms with van der Waals surface area (Å²) in [6.07, 6.45) is 2.48. The lowest BCUT2D eigenvalue weighted by Gasteiger charge is -2.40. The molecular formula is C11H25NO3Si. The molecule has 1 aliphatic heterocycles. The average molecular weight is 247 g/mol. The Balaban J connectivity index is 2.67. The van der Waals surface area contributed by atoms with Crippen LogP contribution >= 0.6 is 0 Å². The molecule has 0 bridgehead atoms. The first-order valence-corrected chi connectivity index (χ1v) is 7.68. The van der Waals surface area contributed by atoms with Crippen molar-refractivity contribution in [1.82, 2.24) is 4.90 Å². The minimum absolute atomic E-state index is 0.518. The van der Waals surface area contributed by atoms with E-state index in [0.29, 0.717) is 13.2 Å². The first-order valence-electron chi connectivity index (χ1n) is 6.39. The first-order chi connectivity index (χ1) is 7.79. The monoisotopic (exact) mass is 247 g/mol. The minimum atomic E-state index is -0.851. The molecule has 1 aliphatic rings. The summed E-state index contributed by atoms with van der Waals surface area (Å²) < 4.78 is 17.5. The molecule has 0 aromatic heterocycles. The van der Waals surface area contributed by atoms with Crippen molar-refractivity contribution in [2.45, 2.75) is 39.1 Å². The molecule has 96 valence electrons. The predicted molar refractivity (Wildman–Crippen MR) is 67.0 cm³/mol. The van der Waals surface area contributed by atoms with Gasteiger partial charge in [-0.25, -0.2) is 0 Å². The first kappa shape index (κ1) is 14.1. The molecule has 0 aromatic carbocycles. The molecule has 0 radical (unpaired) electrons. The van der Waals surface area contributed by atoms with Gasteiger partial charge in [0.05, 0.1) is 0 Å². The van der Waals surface area contributed by atoms with Crippen LogP contribution in [0, 0.1) is 0 Å². The van der Waals surface area contributed by atoms with E-state index in [-0.39, 0.29) is 0 Å². The Kier molecular flexibility index (Phi) is 6.53. The Morgan fingerprint density at radius 1 is 1.00 bits per heavy atom. The van der Waals surface area contributed by atoms with E-state index < -0.39 is 15.3 Å². The standard InChI is InChI=1S/C11H25NO3Si/c1-4-13-11(14-5-2,16-15-6-3)12-9-7-8-10-12/h4-10,16H2,1-3H3. The van der Waals surface area contributed by atoms with Crippen molar-refractivity contribution >= 4 is 9.76 Å². The third kappa shape index (κ3) is 3.53. The van der Waals surface area contributed by atoms with E-state index in [2.05, 4.69) is 4.90 Å². The van der Waals surface area contributed by atoms with Crippen LogP contribution in [0.25, 0.3) is 0 Å². The number of hydrogen-bond donors (Lipinski definition) is 0. The second kappa shape index (κ2) is 7.40. The van der Waals surface area contributed by atoms with Crippen LogP contribution in [-0.4, -0.2) is 53.1 Å². The summed E-state index contributed by atoms with van der Waals surface area (Å²) in [4.78, 5) is 2.32. The summed E-state index contributed by atoms with van der Waals surface area (Å²) >= 11 is 0. The normalized spacial score (nSPS) is 18.9. The van der Waals surface area contributed by atoms with Gasteiger partial charge in [0.2, 0.25) is 15.3 Å². The molecule has 0 saturated carbocycles. The van der Waals surface area contributed by atoms with E-state index in [1.807, 2.05) is 20.8 Å². The zero-order valence-corrected chi connectivity index (χ0v) is 12.2. The summed E-state index contributed by atoms with van der Waals surface area (Å²) in [6.45, 7) is 10.3. The van der Waals surface area contributed by atoms with E-state index in [1.54, 1.807) is 0 Å². The Labute approximate surface area is 101 Å². The molecule has 0 N–H and O–H groups in total. The van der Waals surface area contributed by atoms with E-state index in [0.717, 1.165) is 19.7 Å². The zero-order valence-electron chi connectivity index (χ0n) is 10.8. The fraction of sp³-hybridized carbons (Fsp3) is 1.00. The molecule has 1 heterocycles. The number of nitrogens with zero attached hydrogens (tertiary/aromatic N) is 1. The van der Waals surface area contributed by atoms with Crippen LogP contribution in [0.1, 0.15) is 33.6 Å². The van der Waals surface area contributed by atoms with Gasteiger partial charge in [-0.3, -0.25) is 4.90 Å². The lowest BCUT2D eigenvalue weighted by atomic mass is 10.4. The molecule has 0 atom stereocenters. The summed E-state index contributed by atoms with van der Waals surface area (Å²) in [6, 6.07) is 0. The molecule has 1 rings (SSSR count). The van der Waals surface area contributed by atoms with Gasteiger partial charge in [-0.05, 0) is 33.6 Å². The second-order valence-electron chi connectivity index (χ2n) is 3.91. The molecular weight excluding hydrogens is 222 g/mol.